The highest BCUT2D eigenvalue weighted by Crippen LogP contribution is 2.27. The molecule has 0 aromatic heterocycles. The van der Waals surface area contributed by atoms with Gasteiger partial charge in [-0.25, -0.2) is 0 Å². The molecule has 0 atom stereocenters. The topological polar surface area (TPSA) is 20.2 Å². The van der Waals surface area contributed by atoms with Gasteiger partial charge in [-0.05, 0) is 28.5 Å². The molecule has 1 N–H and O–H groups in total. The van der Waals surface area contributed by atoms with Gasteiger partial charge in [0.1, 0.15) is 0 Å². The van der Waals surface area contributed by atoms with Crippen molar-refractivity contribution in [3.8, 4) is 0 Å². The third kappa shape index (κ3) is 2.13. The van der Waals surface area contributed by atoms with Gasteiger partial charge in [0.2, 0.25) is 0 Å². The number of halogens is 1. The standard InChI is InChI=1S/C14H15BrO/c1-14(2,9-16)12-5-3-11-8-13(15)6-4-10(11)7-12/h3-8,16H,9H2,1-2H3. The molecule has 0 saturated heterocycles. The van der Waals surface area contributed by atoms with Crippen molar-refractivity contribution in [2.45, 2.75) is 19.3 Å². The Morgan fingerprint density at radius 3 is 2.38 bits per heavy atom. The second-order valence-corrected chi connectivity index (χ2v) is 5.66. The predicted molar refractivity (Wildman–Crippen MR) is 71.8 cm³/mol. The summed E-state index contributed by atoms with van der Waals surface area (Å²) in [5.74, 6) is 0. The molecule has 2 aromatic rings. The molecular formula is C14H15BrO. The third-order valence-electron chi connectivity index (χ3n) is 2.98. The average Bonchev–Trinajstić information content (AvgIpc) is 2.28. The van der Waals surface area contributed by atoms with Gasteiger partial charge in [0.05, 0.1) is 6.61 Å². The highest BCUT2D eigenvalue weighted by molar-refractivity contribution is 9.10. The zero-order chi connectivity index (χ0) is 11.8. The molecule has 0 aliphatic heterocycles. The Labute approximate surface area is 104 Å². The number of hydrogen-bond donors (Lipinski definition) is 1. The first-order valence-electron chi connectivity index (χ1n) is 5.33. The fourth-order valence-corrected chi connectivity index (χ4v) is 2.11. The van der Waals surface area contributed by atoms with E-state index in [2.05, 4.69) is 46.3 Å². The van der Waals surface area contributed by atoms with Crippen molar-refractivity contribution in [1.82, 2.24) is 0 Å². The molecule has 0 aliphatic rings. The van der Waals surface area contributed by atoms with E-state index in [4.69, 9.17) is 0 Å². The number of aliphatic hydroxyl groups is 1. The molecule has 0 bridgehead atoms. The zero-order valence-electron chi connectivity index (χ0n) is 9.50. The van der Waals surface area contributed by atoms with Gasteiger partial charge >= 0.3 is 0 Å². The number of benzene rings is 2. The van der Waals surface area contributed by atoms with Crippen LogP contribution in [0, 0.1) is 0 Å². The third-order valence-corrected chi connectivity index (χ3v) is 3.47. The highest BCUT2D eigenvalue weighted by atomic mass is 79.9. The Morgan fingerprint density at radius 2 is 1.69 bits per heavy atom. The maximum atomic E-state index is 9.36. The Morgan fingerprint density at radius 1 is 1.06 bits per heavy atom. The number of hydrogen-bond acceptors (Lipinski definition) is 1. The van der Waals surface area contributed by atoms with Crippen LogP contribution in [0.1, 0.15) is 19.4 Å². The number of aliphatic hydroxyl groups excluding tert-OH is 1. The van der Waals surface area contributed by atoms with Crippen LogP contribution >= 0.6 is 15.9 Å². The molecule has 84 valence electrons. The summed E-state index contributed by atoms with van der Waals surface area (Å²) in [6, 6.07) is 12.6. The van der Waals surface area contributed by atoms with E-state index in [0.717, 1.165) is 4.47 Å². The van der Waals surface area contributed by atoms with Gasteiger partial charge in [0.15, 0.2) is 0 Å². The van der Waals surface area contributed by atoms with Crippen LogP contribution < -0.4 is 0 Å². The molecule has 1 nitrogen and oxygen atoms in total. The van der Waals surface area contributed by atoms with Crippen LogP contribution in [-0.4, -0.2) is 11.7 Å². The summed E-state index contributed by atoms with van der Waals surface area (Å²) in [5.41, 5.74) is 0.992. The predicted octanol–water partition coefficient (Wildman–Crippen LogP) is 3.87. The number of fused-ring (bicyclic) bond motifs is 1. The first-order valence-corrected chi connectivity index (χ1v) is 6.13. The van der Waals surface area contributed by atoms with Crippen LogP contribution in [0.25, 0.3) is 10.8 Å². The van der Waals surface area contributed by atoms with E-state index in [1.807, 2.05) is 19.9 Å². The van der Waals surface area contributed by atoms with Crippen molar-refractivity contribution in [2.24, 2.45) is 0 Å². The zero-order valence-corrected chi connectivity index (χ0v) is 11.1. The van der Waals surface area contributed by atoms with E-state index in [1.165, 1.54) is 16.3 Å². The van der Waals surface area contributed by atoms with Crippen molar-refractivity contribution in [1.29, 1.82) is 0 Å². The molecule has 0 heterocycles. The summed E-state index contributed by atoms with van der Waals surface area (Å²) in [7, 11) is 0. The van der Waals surface area contributed by atoms with E-state index in [1.54, 1.807) is 0 Å². The maximum Gasteiger partial charge on any atom is 0.0522 e. The molecule has 16 heavy (non-hydrogen) atoms. The quantitative estimate of drug-likeness (QED) is 0.884. The van der Waals surface area contributed by atoms with Gasteiger partial charge in [-0.3, -0.25) is 0 Å². The molecule has 0 fully saturated rings. The van der Waals surface area contributed by atoms with Crippen LogP contribution in [-0.2, 0) is 5.41 Å². The van der Waals surface area contributed by atoms with Crippen molar-refractivity contribution in [3.63, 3.8) is 0 Å². The van der Waals surface area contributed by atoms with Crippen molar-refractivity contribution < 1.29 is 5.11 Å². The Kier molecular flexibility index (Phi) is 3.04. The van der Waals surface area contributed by atoms with E-state index >= 15 is 0 Å². The van der Waals surface area contributed by atoms with E-state index in [9.17, 15) is 5.11 Å². The van der Waals surface area contributed by atoms with Crippen LogP contribution in [0.2, 0.25) is 0 Å². The van der Waals surface area contributed by atoms with Gasteiger partial charge in [-0.1, -0.05) is 54.0 Å². The van der Waals surface area contributed by atoms with Crippen molar-refractivity contribution in [2.75, 3.05) is 6.61 Å². The average molecular weight is 279 g/mol. The largest absolute Gasteiger partial charge is 0.395 e. The van der Waals surface area contributed by atoms with Gasteiger partial charge in [-0.15, -0.1) is 0 Å². The Hall–Kier alpha value is -0.860. The first kappa shape index (κ1) is 11.6. The van der Waals surface area contributed by atoms with Gasteiger partial charge in [-0.2, -0.15) is 0 Å². The van der Waals surface area contributed by atoms with Crippen molar-refractivity contribution in [3.05, 3.63) is 46.4 Å². The summed E-state index contributed by atoms with van der Waals surface area (Å²) >= 11 is 3.46. The Bertz CT molecular complexity index is 517. The molecule has 0 spiro atoms. The maximum absolute atomic E-state index is 9.36. The highest BCUT2D eigenvalue weighted by Gasteiger charge is 2.19. The normalized spacial score (nSPS) is 12.0. The van der Waals surface area contributed by atoms with Gasteiger partial charge < -0.3 is 5.11 Å². The SMILES string of the molecule is CC(C)(CO)c1ccc2cc(Br)ccc2c1. The molecule has 2 heteroatoms. The molecule has 0 unspecified atom stereocenters. The molecule has 2 aromatic carbocycles. The van der Waals surface area contributed by atoms with Gasteiger partial charge in [0.25, 0.3) is 0 Å². The lowest BCUT2D eigenvalue weighted by Gasteiger charge is -2.22. The van der Waals surface area contributed by atoms with Crippen LogP contribution in [0.3, 0.4) is 0 Å². The first-order chi connectivity index (χ1) is 7.53. The molecular weight excluding hydrogens is 264 g/mol. The molecule has 2 rings (SSSR count). The minimum absolute atomic E-state index is 0.162. The molecule has 0 aliphatic carbocycles. The molecule has 0 radical (unpaired) electrons. The summed E-state index contributed by atoms with van der Waals surface area (Å²) in [6.07, 6.45) is 0. The second-order valence-electron chi connectivity index (χ2n) is 4.75. The van der Waals surface area contributed by atoms with Crippen LogP contribution in [0.4, 0.5) is 0 Å². The summed E-state index contributed by atoms with van der Waals surface area (Å²) in [5, 5.41) is 11.8. The minimum Gasteiger partial charge on any atom is -0.395 e. The van der Waals surface area contributed by atoms with Crippen LogP contribution in [0.5, 0.6) is 0 Å². The monoisotopic (exact) mass is 278 g/mol. The van der Waals surface area contributed by atoms with E-state index in [0.29, 0.717) is 0 Å². The van der Waals surface area contributed by atoms with Crippen LogP contribution in [0.15, 0.2) is 40.9 Å². The lowest BCUT2D eigenvalue weighted by atomic mass is 9.84. The van der Waals surface area contributed by atoms with E-state index in [-0.39, 0.29) is 12.0 Å². The van der Waals surface area contributed by atoms with Gasteiger partial charge in [0, 0.05) is 9.89 Å². The smallest absolute Gasteiger partial charge is 0.0522 e. The van der Waals surface area contributed by atoms with E-state index < -0.39 is 0 Å². The summed E-state index contributed by atoms with van der Waals surface area (Å²) in [6.45, 7) is 4.26. The Balaban J connectivity index is 2.57. The number of rotatable bonds is 2. The minimum atomic E-state index is -0.179. The molecule has 0 saturated carbocycles. The molecule has 0 amide bonds. The fraction of sp³-hybridized carbons (Fsp3) is 0.286. The lowest BCUT2D eigenvalue weighted by Crippen LogP contribution is -2.21. The van der Waals surface area contributed by atoms with Crippen molar-refractivity contribution >= 4 is 26.7 Å². The fourth-order valence-electron chi connectivity index (χ4n) is 1.73. The lowest BCUT2D eigenvalue weighted by molar-refractivity contribution is 0.218. The summed E-state index contributed by atoms with van der Waals surface area (Å²) in [4.78, 5) is 0. The summed E-state index contributed by atoms with van der Waals surface area (Å²) < 4.78 is 1.09. The second kappa shape index (κ2) is 4.19.